The maximum Gasteiger partial charge on any atom is 0.341 e. The van der Waals surface area contributed by atoms with Crippen molar-refractivity contribution in [2.75, 3.05) is 0 Å². The molecule has 0 radical (unpaired) electrons. The highest BCUT2D eigenvalue weighted by Crippen LogP contribution is 2.38. The zero-order valence-corrected chi connectivity index (χ0v) is 10.7. The average molecular weight is 307 g/mol. The van der Waals surface area contributed by atoms with Crippen LogP contribution in [-0.2, 0) is 0 Å². The van der Waals surface area contributed by atoms with Crippen LogP contribution in [0.5, 0.6) is 11.8 Å². The van der Waals surface area contributed by atoms with Gasteiger partial charge in [-0.1, -0.05) is 0 Å². The van der Waals surface area contributed by atoms with Crippen molar-refractivity contribution in [3.8, 4) is 22.9 Å². The Labute approximate surface area is 120 Å². The van der Waals surface area contributed by atoms with Crippen molar-refractivity contribution >= 4 is 11.6 Å². The average Bonchev–Trinajstić information content (AvgIpc) is 2.85. The molecule has 1 aromatic carbocycles. The Morgan fingerprint density at radius 1 is 1.23 bits per heavy atom. The molecule has 0 unspecified atom stereocenters. The van der Waals surface area contributed by atoms with E-state index in [1.165, 1.54) is 0 Å². The van der Waals surface area contributed by atoms with E-state index in [0.29, 0.717) is 6.07 Å². The monoisotopic (exact) mass is 307 g/mol. The first-order valence-corrected chi connectivity index (χ1v) is 5.88. The number of carboxylic acid groups (broad SMARTS) is 1. The lowest BCUT2D eigenvalue weighted by Crippen LogP contribution is -2.00. The molecule has 112 valence electrons. The number of fused-ring (bicyclic) bond motifs is 1. The first-order chi connectivity index (χ1) is 10.4. The van der Waals surface area contributed by atoms with Crippen LogP contribution in [0.2, 0.25) is 0 Å². The molecule has 7 nitrogen and oxygen atoms in total. The zero-order valence-electron chi connectivity index (χ0n) is 10.7. The van der Waals surface area contributed by atoms with Crippen LogP contribution < -0.4 is 0 Å². The fraction of sp³-hybridized carbons (Fsp3) is 0. The second-order valence-electron chi connectivity index (χ2n) is 4.36. The first kappa shape index (κ1) is 13.7. The lowest BCUT2D eigenvalue weighted by molar-refractivity contribution is 0.0699. The highest BCUT2D eigenvalue weighted by Gasteiger charge is 2.23. The van der Waals surface area contributed by atoms with Crippen molar-refractivity contribution in [2.45, 2.75) is 0 Å². The van der Waals surface area contributed by atoms with Crippen molar-refractivity contribution in [1.29, 1.82) is 0 Å². The number of benzene rings is 1. The Bertz CT molecular complexity index is 923. The molecular weight excluding hydrogens is 300 g/mol. The topological polar surface area (TPSA) is 108 Å². The Balaban J connectivity index is 2.34. The van der Waals surface area contributed by atoms with Crippen molar-refractivity contribution in [3.63, 3.8) is 0 Å². The number of carboxylic acids is 1. The van der Waals surface area contributed by atoms with Crippen LogP contribution in [-0.4, -0.2) is 35.9 Å². The van der Waals surface area contributed by atoms with Gasteiger partial charge in [0.2, 0.25) is 11.8 Å². The Kier molecular flexibility index (Phi) is 2.91. The Morgan fingerprint density at radius 2 is 1.95 bits per heavy atom. The van der Waals surface area contributed by atoms with Gasteiger partial charge in [-0.2, -0.15) is 14.6 Å². The molecule has 3 N–H and O–H groups in total. The van der Waals surface area contributed by atoms with Gasteiger partial charge in [-0.05, 0) is 12.1 Å². The van der Waals surface area contributed by atoms with E-state index in [1.54, 1.807) is 0 Å². The number of halogens is 2. The molecule has 0 aliphatic carbocycles. The van der Waals surface area contributed by atoms with E-state index in [4.69, 9.17) is 5.11 Å². The summed E-state index contributed by atoms with van der Waals surface area (Å²) in [5, 5.41) is 32.6. The molecule has 2 heterocycles. The van der Waals surface area contributed by atoms with Gasteiger partial charge in [-0.15, -0.1) is 0 Å². The lowest BCUT2D eigenvalue weighted by atomic mass is 10.1. The number of hydrogen-bond donors (Lipinski definition) is 3. The van der Waals surface area contributed by atoms with E-state index in [2.05, 4.69) is 10.1 Å². The Morgan fingerprint density at radius 3 is 2.59 bits per heavy atom. The molecule has 0 aliphatic rings. The van der Waals surface area contributed by atoms with Crippen LogP contribution in [0.15, 0.2) is 24.4 Å². The molecule has 9 heteroatoms. The lowest BCUT2D eigenvalue weighted by Gasteiger charge is -2.09. The van der Waals surface area contributed by atoms with E-state index in [1.807, 2.05) is 0 Å². The highest BCUT2D eigenvalue weighted by molar-refractivity contribution is 5.94. The second kappa shape index (κ2) is 4.65. The van der Waals surface area contributed by atoms with Gasteiger partial charge in [0, 0.05) is 11.6 Å². The summed E-state index contributed by atoms with van der Waals surface area (Å²) < 4.78 is 27.5. The van der Waals surface area contributed by atoms with Crippen LogP contribution in [0.3, 0.4) is 0 Å². The maximum absolute atomic E-state index is 13.8. The summed E-state index contributed by atoms with van der Waals surface area (Å²) in [6.07, 6.45) is 0.925. The van der Waals surface area contributed by atoms with Gasteiger partial charge in [-0.25, -0.2) is 13.6 Å². The predicted octanol–water partition coefficient (Wildman–Crippen LogP) is 1.78. The Hall–Kier alpha value is -3.23. The van der Waals surface area contributed by atoms with Crippen LogP contribution in [0.25, 0.3) is 16.8 Å². The third-order valence-corrected chi connectivity index (χ3v) is 3.03. The molecule has 3 rings (SSSR count). The first-order valence-electron chi connectivity index (χ1n) is 5.88. The molecule has 0 amide bonds. The molecule has 3 aromatic rings. The summed E-state index contributed by atoms with van der Waals surface area (Å²) >= 11 is 0. The number of aromatic nitrogens is 3. The van der Waals surface area contributed by atoms with E-state index in [-0.39, 0.29) is 16.8 Å². The van der Waals surface area contributed by atoms with E-state index in [0.717, 1.165) is 22.8 Å². The standard InChI is InChI=1S/C13H7F2N3O4/c14-5-1-2-6(8(15)3-5)9-11(19)17-10-7(13(21)22)4-16-18(10)12(9)20/h1-4,20H,(H,17,19)(H,21,22). The smallest absolute Gasteiger partial charge is 0.341 e. The van der Waals surface area contributed by atoms with E-state index < -0.39 is 34.9 Å². The quantitative estimate of drug-likeness (QED) is 0.666. The number of aromatic carboxylic acids is 1. The van der Waals surface area contributed by atoms with Crippen LogP contribution in [0.1, 0.15) is 10.4 Å². The summed E-state index contributed by atoms with van der Waals surface area (Å²) in [5.41, 5.74) is -1.39. The van der Waals surface area contributed by atoms with Crippen molar-refractivity contribution in [3.05, 3.63) is 41.6 Å². The fourth-order valence-electron chi connectivity index (χ4n) is 2.05. The SMILES string of the molecule is O=C(O)c1cnn2c(O)c(-c3ccc(F)cc3F)c(O)nc12. The molecule has 0 spiro atoms. The predicted molar refractivity (Wildman–Crippen MR) is 68.6 cm³/mol. The minimum absolute atomic E-state index is 0.307. The van der Waals surface area contributed by atoms with Crippen molar-refractivity contribution in [2.24, 2.45) is 0 Å². The van der Waals surface area contributed by atoms with Gasteiger partial charge in [0.15, 0.2) is 5.65 Å². The van der Waals surface area contributed by atoms with Gasteiger partial charge in [-0.3, -0.25) is 0 Å². The highest BCUT2D eigenvalue weighted by atomic mass is 19.1. The van der Waals surface area contributed by atoms with Crippen molar-refractivity contribution < 1.29 is 28.9 Å². The molecule has 0 saturated heterocycles. The van der Waals surface area contributed by atoms with Gasteiger partial charge in [0.25, 0.3) is 0 Å². The third kappa shape index (κ3) is 1.91. The van der Waals surface area contributed by atoms with Crippen LogP contribution in [0, 0.1) is 11.6 Å². The van der Waals surface area contributed by atoms with Gasteiger partial charge >= 0.3 is 5.97 Å². The number of rotatable bonds is 2. The summed E-state index contributed by atoms with van der Waals surface area (Å²) in [6, 6.07) is 2.52. The van der Waals surface area contributed by atoms with Crippen LogP contribution >= 0.6 is 0 Å². The van der Waals surface area contributed by atoms with Gasteiger partial charge in [0.1, 0.15) is 22.8 Å². The largest absolute Gasteiger partial charge is 0.493 e. The second-order valence-corrected chi connectivity index (χ2v) is 4.36. The summed E-state index contributed by atoms with van der Waals surface area (Å²) in [4.78, 5) is 14.6. The fourth-order valence-corrected chi connectivity index (χ4v) is 2.05. The van der Waals surface area contributed by atoms with E-state index in [9.17, 15) is 23.8 Å². The minimum Gasteiger partial charge on any atom is -0.493 e. The third-order valence-electron chi connectivity index (χ3n) is 3.03. The summed E-state index contributed by atoms with van der Waals surface area (Å²) in [7, 11) is 0. The minimum atomic E-state index is -1.36. The normalized spacial score (nSPS) is 11.0. The molecule has 0 aliphatic heterocycles. The number of nitrogens with zero attached hydrogens (tertiary/aromatic N) is 3. The molecule has 0 saturated carbocycles. The number of aromatic hydroxyl groups is 2. The summed E-state index contributed by atoms with van der Waals surface area (Å²) in [5.74, 6) is -4.75. The number of carbonyl (C=O) groups is 1. The summed E-state index contributed by atoms with van der Waals surface area (Å²) in [6.45, 7) is 0. The van der Waals surface area contributed by atoms with Crippen LogP contribution in [0.4, 0.5) is 8.78 Å². The van der Waals surface area contributed by atoms with Gasteiger partial charge < -0.3 is 15.3 Å². The molecule has 0 bridgehead atoms. The van der Waals surface area contributed by atoms with Gasteiger partial charge in [0.05, 0.1) is 6.20 Å². The molecule has 0 fully saturated rings. The molecule has 22 heavy (non-hydrogen) atoms. The zero-order chi connectivity index (χ0) is 16.0. The molecule has 0 atom stereocenters. The van der Waals surface area contributed by atoms with E-state index >= 15 is 0 Å². The van der Waals surface area contributed by atoms with Crippen molar-refractivity contribution in [1.82, 2.24) is 14.6 Å². The molecular formula is C13H7F2N3O4. The maximum atomic E-state index is 13.8. The molecule has 2 aromatic heterocycles. The number of hydrogen-bond acceptors (Lipinski definition) is 5.